The van der Waals surface area contributed by atoms with Gasteiger partial charge >= 0.3 is 5.97 Å². The van der Waals surface area contributed by atoms with Crippen molar-refractivity contribution >= 4 is 33.9 Å². The van der Waals surface area contributed by atoms with Crippen LogP contribution < -0.4 is 10.2 Å². The lowest BCUT2D eigenvalue weighted by molar-refractivity contribution is -0.136. The molecule has 0 saturated carbocycles. The molecule has 1 amide bonds. The summed E-state index contributed by atoms with van der Waals surface area (Å²) in [5.74, 6) is -0.228. The molecule has 0 saturated heterocycles. The molecule has 2 aromatic heterocycles. The van der Waals surface area contributed by atoms with Crippen molar-refractivity contribution in [2.75, 3.05) is 18.0 Å². The first-order valence-corrected chi connectivity index (χ1v) is 14.9. The van der Waals surface area contributed by atoms with Crippen LogP contribution in [0.3, 0.4) is 0 Å². The fourth-order valence-corrected chi connectivity index (χ4v) is 5.84. The Morgan fingerprint density at radius 1 is 1.14 bits per heavy atom. The minimum Gasteiger partial charge on any atom is -0.481 e. The number of carbonyl (C=O) groups excluding carboxylic acids is 1. The number of carbonyl (C=O) groups is 2. The first kappa shape index (κ1) is 29.0. The van der Waals surface area contributed by atoms with E-state index in [4.69, 9.17) is 14.6 Å². The lowest BCUT2D eigenvalue weighted by Gasteiger charge is -2.26. The average Bonchev–Trinajstić information content (AvgIpc) is 3.64. The van der Waals surface area contributed by atoms with E-state index in [1.165, 1.54) is 5.56 Å². The predicted molar refractivity (Wildman–Crippen MR) is 166 cm³/mol. The number of nitrogens with zero attached hydrogens (tertiary/aromatic N) is 3. The van der Waals surface area contributed by atoms with Crippen molar-refractivity contribution in [1.29, 1.82) is 0 Å². The Hall–Kier alpha value is -4.50. The van der Waals surface area contributed by atoms with Gasteiger partial charge in [-0.2, -0.15) is 0 Å². The van der Waals surface area contributed by atoms with E-state index in [0.717, 1.165) is 58.4 Å². The van der Waals surface area contributed by atoms with Gasteiger partial charge in [0.15, 0.2) is 5.13 Å². The Labute approximate surface area is 249 Å². The third kappa shape index (κ3) is 7.03. The van der Waals surface area contributed by atoms with Gasteiger partial charge in [-0.25, -0.2) is 4.98 Å². The number of anilines is 1. The molecule has 1 unspecified atom stereocenters. The van der Waals surface area contributed by atoms with Gasteiger partial charge in [0.1, 0.15) is 11.5 Å². The van der Waals surface area contributed by atoms with Crippen molar-refractivity contribution in [3.05, 3.63) is 106 Å². The number of rotatable bonds is 12. The number of benzene rings is 2. The highest BCUT2D eigenvalue weighted by atomic mass is 32.1. The average molecular weight is 583 g/mol. The van der Waals surface area contributed by atoms with Gasteiger partial charge in [-0.1, -0.05) is 72.8 Å². The van der Waals surface area contributed by atoms with Crippen molar-refractivity contribution in [3.63, 3.8) is 0 Å². The number of aryl methyl sites for hydroxylation is 1. The van der Waals surface area contributed by atoms with Crippen LogP contribution in [-0.4, -0.2) is 40.2 Å². The van der Waals surface area contributed by atoms with E-state index < -0.39 is 5.97 Å². The predicted octanol–water partition coefficient (Wildman–Crippen LogP) is 6.85. The number of aliphatic carboxylic acids is 1. The number of hydrogen-bond donors (Lipinski definition) is 2. The maximum atomic E-state index is 12.4. The van der Waals surface area contributed by atoms with Crippen molar-refractivity contribution < 1.29 is 19.2 Å². The summed E-state index contributed by atoms with van der Waals surface area (Å²) >= 11 is 1.60. The zero-order valence-corrected chi connectivity index (χ0v) is 24.6. The molecule has 0 fully saturated rings. The quantitative estimate of drug-likeness (QED) is 0.188. The van der Waals surface area contributed by atoms with Crippen LogP contribution in [0.25, 0.3) is 16.8 Å². The molecule has 0 aliphatic heterocycles. The van der Waals surface area contributed by atoms with Gasteiger partial charge in [0, 0.05) is 30.6 Å². The summed E-state index contributed by atoms with van der Waals surface area (Å²) in [7, 11) is 0. The van der Waals surface area contributed by atoms with Crippen LogP contribution in [-0.2, 0) is 11.3 Å². The molecule has 2 aromatic carbocycles. The molecule has 0 radical (unpaired) electrons. The van der Waals surface area contributed by atoms with Crippen molar-refractivity contribution in [1.82, 2.24) is 15.5 Å². The summed E-state index contributed by atoms with van der Waals surface area (Å²) in [6.45, 7) is 5.59. The Bertz CT molecular complexity index is 1590. The maximum absolute atomic E-state index is 12.4. The molecule has 1 aliphatic carbocycles. The van der Waals surface area contributed by atoms with Gasteiger partial charge in [-0.3, -0.25) is 9.59 Å². The molecule has 1 atom stereocenters. The minimum absolute atomic E-state index is 0.0921. The SMILES string of the molecule is Cc1onc(C2=CC=CCC2)c1-c1csc(N(Cc2ccc(C(=O)NCCC(=O)O)cc2)CC(C)c2ccccc2)n1. The molecule has 0 bridgehead atoms. The molecule has 9 heteroatoms. The summed E-state index contributed by atoms with van der Waals surface area (Å²) in [5, 5.41) is 18.8. The molecule has 1 aliphatic rings. The van der Waals surface area contributed by atoms with E-state index in [2.05, 4.69) is 70.2 Å². The van der Waals surface area contributed by atoms with Crippen LogP contribution >= 0.6 is 11.3 Å². The van der Waals surface area contributed by atoms with Crippen LogP contribution in [0.5, 0.6) is 0 Å². The van der Waals surface area contributed by atoms with E-state index in [1.54, 1.807) is 23.5 Å². The van der Waals surface area contributed by atoms with Gasteiger partial charge in [-0.05, 0) is 54.5 Å². The van der Waals surface area contributed by atoms with E-state index in [9.17, 15) is 9.59 Å². The van der Waals surface area contributed by atoms with Crippen molar-refractivity contribution in [3.8, 4) is 11.3 Å². The number of allylic oxidation sites excluding steroid dienone is 4. The van der Waals surface area contributed by atoms with Crippen LogP contribution in [0.15, 0.2) is 82.7 Å². The molecule has 216 valence electrons. The first-order valence-electron chi connectivity index (χ1n) is 14.1. The zero-order chi connectivity index (χ0) is 29.5. The molecule has 5 rings (SSSR count). The van der Waals surface area contributed by atoms with Crippen LogP contribution in [0.1, 0.15) is 65.0 Å². The molecule has 2 heterocycles. The van der Waals surface area contributed by atoms with Crippen LogP contribution in [0.4, 0.5) is 5.13 Å². The summed E-state index contributed by atoms with van der Waals surface area (Å²) in [4.78, 5) is 30.5. The van der Waals surface area contributed by atoms with Gasteiger partial charge in [0.2, 0.25) is 0 Å². The molecule has 2 N–H and O–H groups in total. The molecule has 42 heavy (non-hydrogen) atoms. The number of hydrogen-bond acceptors (Lipinski definition) is 7. The molecule has 4 aromatic rings. The highest BCUT2D eigenvalue weighted by Crippen LogP contribution is 2.37. The molecular weight excluding hydrogens is 548 g/mol. The van der Waals surface area contributed by atoms with Crippen LogP contribution in [0.2, 0.25) is 0 Å². The van der Waals surface area contributed by atoms with Crippen LogP contribution in [0, 0.1) is 6.92 Å². The second-order valence-corrected chi connectivity index (χ2v) is 11.3. The third-order valence-corrected chi connectivity index (χ3v) is 8.18. The summed E-state index contributed by atoms with van der Waals surface area (Å²) in [6, 6.07) is 17.9. The number of amides is 1. The largest absolute Gasteiger partial charge is 0.481 e. The number of nitrogens with one attached hydrogen (secondary N) is 1. The Kier molecular flexibility index (Phi) is 9.28. The standard InChI is InChI=1S/C33H34N4O4S/c1-22(25-9-5-3-6-10-25)19-37(20-24-13-15-27(16-14-24)32(40)34-18-17-29(38)39)33-35-28(21-42-33)30-23(2)41-36-31(30)26-11-7-4-8-12-26/h3-7,9-11,13-16,21-22H,8,12,17-20H2,1-2H3,(H,34,40)(H,38,39). The molecule has 0 spiro atoms. The Balaban J connectivity index is 1.39. The second kappa shape index (κ2) is 13.4. The second-order valence-electron chi connectivity index (χ2n) is 10.4. The fraction of sp³-hybridized carbons (Fsp3) is 0.273. The number of carboxylic acids is 1. The molecule has 8 nitrogen and oxygen atoms in total. The van der Waals surface area contributed by atoms with Crippen molar-refractivity contribution in [2.24, 2.45) is 0 Å². The Morgan fingerprint density at radius 3 is 2.64 bits per heavy atom. The zero-order valence-electron chi connectivity index (χ0n) is 23.7. The minimum atomic E-state index is -0.945. The van der Waals surface area contributed by atoms with Gasteiger partial charge in [0.25, 0.3) is 5.91 Å². The summed E-state index contributed by atoms with van der Waals surface area (Å²) in [6.07, 6.45) is 8.10. The molecular formula is C33H34N4O4S. The number of thiazole rings is 1. The van der Waals surface area contributed by atoms with Gasteiger partial charge in [0.05, 0.1) is 17.7 Å². The fourth-order valence-electron chi connectivity index (χ4n) is 5.01. The monoisotopic (exact) mass is 582 g/mol. The summed E-state index contributed by atoms with van der Waals surface area (Å²) < 4.78 is 5.63. The highest BCUT2D eigenvalue weighted by Gasteiger charge is 2.23. The lowest BCUT2D eigenvalue weighted by atomic mass is 9.97. The van der Waals surface area contributed by atoms with E-state index >= 15 is 0 Å². The smallest absolute Gasteiger partial charge is 0.305 e. The highest BCUT2D eigenvalue weighted by molar-refractivity contribution is 7.14. The number of carboxylic acid groups (broad SMARTS) is 1. The topological polar surface area (TPSA) is 109 Å². The first-order chi connectivity index (χ1) is 20.4. The normalized spacial score (nSPS) is 13.4. The van der Waals surface area contributed by atoms with Crippen molar-refractivity contribution in [2.45, 2.75) is 45.6 Å². The van der Waals surface area contributed by atoms with E-state index in [0.29, 0.717) is 12.1 Å². The van der Waals surface area contributed by atoms with Gasteiger partial charge < -0.3 is 19.8 Å². The maximum Gasteiger partial charge on any atom is 0.305 e. The summed E-state index contributed by atoms with van der Waals surface area (Å²) in [5.41, 5.74) is 6.58. The van der Waals surface area contributed by atoms with E-state index in [-0.39, 0.29) is 24.8 Å². The Morgan fingerprint density at radius 2 is 1.93 bits per heavy atom. The number of aromatic nitrogens is 2. The lowest BCUT2D eigenvalue weighted by Crippen LogP contribution is -2.27. The van der Waals surface area contributed by atoms with E-state index in [1.807, 2.05) is 25.1 Å². The van der Waals surface area contributed by atoms with Gasteiger partial charge in [-0.15, -0.1) is 11.3 Å². The third-order valence-electron chi connectivity index (χ3n) is 7.28.